The van der Waals surface area contributed by atoms with E-state index in [2.05, 4.69) is 6.92 Å². The van der Waals surface area contributed by atoms with Gasteiger partial charge in [0.1, 0.15) is 12.2 Å². The number of carboxylic acid groups (broad SMARTS) is 1. The van der Waals surface area contributed by atoms with Crippen molar-refractivity contribution in [3.8, 4) is 0 Å². The van der Waals surface area contributed by atoms with Crippen LogP contribution >= 0.6 is 0 Å². The summed E-state index contributed by atoms with van der Waals surface area (Å²) in [6.45, 7) is 4.11. The van der Waals surface area contributed by atoms with E-state index in [0.29, 0.717) is 0 Å². The van der Waals surface area contributed by atoms with Crippen LogP contribution in [0.2, 0.25) is 0 Å². The molecule has 1 aromatic carbocycles. The smallest absolute Gasteiger partial charge is 0.339 e. The lowest BCUT2D eigenvalue weighted by Gasteiger charge is -2.38. The van der Waals surface area contributed by atoms with Gasteiger partial charge in [-0.15, -0.1) is 0 Å². The molecule has 0 amide bonds. The summed E-state index contributed by atoms with van der Waals surface area (Å²) in [5, 5.41) is 11.1. The zero-order valence-corrected chi connectivity index (χ0v) is 12.8. The average Bonchev–Trinajstić information content (AvgIpc) is 2.96. The van der Waals surface area contributed by atoms with Crippen LogP contribution in [0.5, 0.6) is 0 Å². The molecule has 6 nitrogen and oxygen atoms in total. The molecular formula is C17H17O6-. The fourth-order valence-corrected chi connectivity index (χ4v) is 4.15. The number of carboxylic acids is 1. The Bertz CT molecular complexity index is 667. The van der Waals surface area contributed by atoms with Gasteiger partial charge in [-0.05, 0) is 6.07 Å². The summed E-state index contributed by atoms with van der Waals surface area (Å²) in [6.07, 6.45) is -0.891. The highest BCUT2D eigenvalue weighted by atomic mass is 16.6. The summed E-state index contributed by atoms with van der Waals surface area (Å²) in [4.78, 5) is 23.6. The minimum atomic E-state index is -1.40. The Hall–Kier alpha value is -1.92. The van der Waals surface area contributed by atoms with E-state index in [-0.39, 0.29) is 47.4 Å². The third-order valence-corrected chi connectivity index (χ3v) is 5.28. The number of aromatic carboxylic acids is 1. The number of ether oxygens (including phenoxy) is 3. The Morgan fingerprint density at radius 3 is 2.26 bits per heavy atom. The van der Waals surface area contributed by atoms with Crippen LogP contribution in [-0.4, -0.2) is 42.5 Å². The van der Waals surface area contributed by atoms with E-state index in [1.54, 1.807) is 6.07 Å². The molecule has 5 rings (SSSR count). The molecule has 0 aromatic heterocycles. The number of esters is 1. The van der Waals surface area contributed by atoms with Gasteiger partial charge in [-0.3, -0.25) is 0 Å². The molecule has 0 saturated carbocycles. The first kappa shape index (κ1) is 14.7. The topological polar surface area (TPSA) is 84.9 Å². The van der Waals surface area contributed by atoms with Crippen LogP contribution in [0.15, 0.2) is 24.3 Å². The molecule has 4 heterocycles. The molecule has 0 spiro atoms. The van der Waals surface area contributed by atoms with Gasteiger partial charge in [-0.25, -0.2) is 4.79 Å². The summed E-state index contributed by atoms with van der Waals surface area (Å²) in [7, 11) is 0. The summed E-state index contributed by atoms with van der Waals surface area (Å²) in [5.74, 6) is -1.68. The molecule has 23 heavy (non-hydrogen) atoms. The molecule has 4 aliphatic rings. The summed E-state index contributed by atoms with van der Waals surface area (Å²) in [6, 6.07) is 5.88. The second kappa shape index (κ2) is 5.04. The lowest BCUT2D eigenvalue weighted by Crippen LogP contribution is -2.49. The highest BCUT2D eigenvalue weighted by molar-refractivity contribution is 6.01. The van der Waals surface area contributed by atoms with Crippen molar-refractivity contribution in [1.29, 1.82) is 0 Å². The first-order valence-corrected chi connectivity index (χ1v) is 7.81. The molecule has 0 radical (unpaired) electrons. The van der Waals surface area contributed by atoms with Crippen LogP contribution in [0.1, 0.15) is 34.6 Å². The molecule has 1 aromatic rings. The fourth-order valence-electron chi connectivity index (χ4n) is 4.15. The predicted molar refractivity (Wildman–Crippen MR) is 75.6 cm³/mol. The van der Waals surface area contributed by atoms with Gasteiger partial charge in [0, 0.05) is 17.4 Å². The lowest BCUT2D eigenvalue weighted by molar-refractivity contribution is -0.255. The van der Waals surface area contributed by atoms with E-state index in [1.165, 1.54) is 18.2 Å². The predicted octanol–water partition coefficient (Wildman–Crippen LogP) is 0.396. The van der Waals surface area contributed by atoms with Crippen molar-refractivity contribution in [1.82, 2.24) is 0 Å². The number of hydrogen-bond acceptors (Lipinski definition) is 6. The van der Waals surface area contributed by atoms with Crippen molar-refractivity contribution in [2.75, 3.05) is 0 Å². The molecule has 4 aliphatic heterocycles. The van der Waals surface area contributed by atoms with Crippen molar-refractivity contribution < 1.29 is 28.9 Å². The molecular weight excluding hydrogens is 300 g/mol. The van der Waals surface area contributed by atoms with Crippen molar-refractivity contribution in [3.05, 3.63) is 35.4 Å². The first-order valence-electron chi connectivity index (χ1n) is 7.81. The van der Waals surface area contributed by atoms with Crippen LogP contribution < -0.4 is 5.11 Å². The molecule has 6 heteroatoms. The third kappa shape index (κ3) is 2.01. The number of hydrogen-bond donors (Lipinski definition) is 0. The van der Waals surface area contributed by atoms with E-state index in [4.69, 9.17) is 14.2 Å². The third-order valence-electron chi connectivity index (χ3n) is 5.28. The van der Waals surface area contributed by atoms with Gasteiger partial charge in [0.25, 0.3) is 0 Å². The monoisotopic (exact) mass is 317 g/mol. The van der Waals surface area contributed by atoms with Crippen LogP contribution in [0.4, 0.5) is 0 Å². The van der Waals surface area contributed by atoms with Gasteiger partial charge in [0.05, 0.1) is 23.7 Å². The Labute approximate surface area is 133 Å². The largest absolute Gasteiger partial charge is 0.545 e. The second-order valence-corrected chi connectivity index (χ2v) is 6.55. The van der Waals surface area contributed by atoms with Crippen LogP contribution in [0, 0.1) is 11.8 Å². The highest BCUT2D eigenvalue weighted by Gasteiger charge is 2.65. The van der Waals surface area contributed by atoms with E-state index >= 15 is 0 Å². The summed E-state index contributed by atoms with van der Waals surface area (Å²) >= 11 is 0. The van der Waals surface area contributed by atoms with E-state index in [1.807, 2.05) is 6.92 Å². The summed E-state index contributed by atoms with van der Waals surface area (Å²) < 4.78 is 17.5. The van der Waals surface area contributed by atoms with E-state index < -0.39 is 18.0 Å². The lowest BCUT2D eigenvalue weighted by atomic mass is 9.87. The highest BCUT2D eigenvalue weighted by Crippen LogP contribution is 2.50. The number of carbonyl (C=O) groups excluding carboxylic acids is 2. The maximum Gasteiger partial charge on any atom is 0.339 e. The molecule has 7 atom stereocenters. The quantitative estimate of drug-likeness (QED) is 0.750. The van der Waals surface area contributed by atoms with E-state index in [9.17, 15) is 14.7 Å². The van der Waals surface area contributed by atoms with Gasteiger partial charge in [-0.1, -0.05) is 32.0 Å². The van der Waals surface area contributed by atoms with Crippen molar-refractivity contribution in [2.24, 2.45) is 11.8 Å². The average molecular weight is 317 g/mol. The van der Waals surface area contributed by atoms with Gasteiger partial charge in [-0.2, -0.15) is 0 Å². The zero-order valence-electron chi connectivity index (χ0n) is 12.8. The van der Waals surface area contributed by atoms with Gasteiger partial charge in [0.15, 0.2) is 6.10 Å². The molecule has 0 N–H and O–H groups in total. The first-order chi connectivity index (χ1) is 11.0. The molecule has 0 aliphatic carbocycles. The number of rotatable bonds is 3. The molecule has 4 saturated heterocycles. The minimum absolute atomic E-state index is 0.00878. The molecule has 122 valence electrons. The zero-order chi connectivity index (χ0) is 16.3. The van der Waals surface area contributed by atoms with Gasteiger partial charge >= 0.3 is 5.97 Å². The molecule has 1 unspecified atom stereocenters. The maximum absolute atomic E-state index is 12.4. The van der Waals surface area contributed by atoms with Crippen LogP contribution in [-0.2, 0) is 14.2 Å². The number of carbonyl (C=O) groups is 2. The Balaban J connectivity index is 1.58. The maximum atomic E-state index is 12.4. The molecule has 4 bridgehead atoms. The Morgan fingerprint density at radius 1 is 0.957 bits per heavy atom. The van der Waals surface area contributed by atoms with Crippen molar-refractivity contribution >= 4 is 11.9 Å². The standard InChI is InChI=1S/C17H18O6/c1-7-11-8(2)13-15(14(21-11)12(7)22-13)23-17(20)10-6-4-3-5-9(10)16(18)19/h3-8,11-15H,1-2H3,(H,18,19)/p-1/t7-,8+,11?,12+,13-,14-,15-/m0/s1. The Kier molecular flexibility index (Phi) is 3.21. The van der Waals surface area contributed by atoms with Crippen LogP contribution in [0.25, 0.3) is 0 Å². The number of benzene rings is 1. The second-order valence-electron chi connectivity index (χ2n) is 6.55. The normalized spacial score (nSPS) is 40.3. The SMILES string of the molecule is C[C@@H]1C2O[C@@H]3[C@@H](OC(=O)c4ccccc4C(=O)[O-])[C@H]1O[C@@H]3[C@H]2C. The Morgan fingerprint density at radius 2 is 1.57 bits per heavy atom. The summed E-state index contributed by atoms with van der Waals surface area (Å²) in [5.41, 5.74) is -0.182. The fraction of sp³-hybridized carbons (Fsp3) is 0.529. The van der Waals surface area contributed by atoms with Crippen molar-refractivity contribution in [3.63, 3.8) is 0 Å². The van der Waals surface area contributed by atoms with Crippen molar-refractivity contribution in [2.45, 2.75) is 44.4 Å². The minimum Gasteiger partial charge on any atom is -0.545 e. The molecule has 4 fully saturated rings. The van der Waals surface area contributed by atoms with E-state index in [0.717, 1.165) is 0 Å². The van der Waals surface area contributed by atoms with Crippen LogP contribution in [0.3, 0.4) is 0 Å². The van der Waals surface area contributed by atoms with Gasteiger partial charge in [0.2, 0.25) is 0 Å². The van der Waals surface area contributed by atoms with Gasteiger partial charge < -0.3 is 24.1 Å².